The van der Waals surface area contributed by atoms with Gasteiger partial charge in [-0.1, -0.05) is 12.5 Å². The summed E-state index contributed by atoms with van der Waals surface area (Å²) in [7, 11) is 0. The van der Waals surface area contributed by atoms with Crippen LogP contribution in [0.4, 0.5) is 5.82 Å². The van der Waals surface area contributed by atoms with Crippen molar-refractivity contribution in [2.75, 3.05) is 0 Å². The fourth-order valence-corrected chi connectivity index (χ4v) is 1.65. The van der Waals surface area contributed by atoms with Crippen LogP contribution in [0.25, 0.3) is 0 Å². The molecule has 1 heterocycles. The Hall–Kier alpha value is -1.18. The first-order valence-electron chi connectivity index (χ1n) is 4.92. The third kappa shape index (κ3) is 2.38. The van der Waals surface area contributed by atoms with Crippen molar-refractivity contribution in [2.24, 2.45) is 4.99 Å². The standard InChI is InChI=1S/C11H14N2/c1-2-6-10(7-3-1)13-11-8-4-5-9-12-11/h4-5,8-9H,1-3,6-7H2. The lowest BCUT2D eigenvalue weighted by atomic mass is 9.98. The van der Waals surface area contributed by atoms with Crippen molar-refractivity contribution in [3.63, 3.8) is 0 Å². The third-order valence-corrected chi connectivity index (χ3v) is 2.35. The van der Waals surface area contributed by atoms with E-state index < -0.39 is 0 Å². The van der Waals surface area contributed by atoms with Crippen LogP contribution in [0.3, 0.4) is 0 Å². The molecule has 1 fully saturated rings. The number of hydrogen-bond acceptors (Lipinski definition) is 2. The minimum atomic E-state index is 0.861. The van der Waals surface area contributed by atoms with Crippen LogP contribution in [0.15, 0.2) is 29.4 Å². The van der Waals surface area contributed by atoms with Gasteiger partial charge in [0.25, 0.3) is 0 Å². The number of nitrogens with zero attached hydrogens (tertiary/aromatic N) is 2. The van der Waals surface area contributed by atoms with E-state index in [1.807, 2.05) is 18.2 Å². The predicted octanol–water partition coefficient (Wildman–Crippen LogP) is 3.12. The van der Waals surface area contributed by atoms with E-state index >= 15 is 0 Å². The Morgan fingerprint density at radius 3 is 2.62 bits per heavy atom. The maximum Gasteiger partial charge on any atom is 0.151 e. The van der Waals surface area contributed by atoms with Gasteiger partial charge in [0.2, 0.25) is 0 Å². The topological polar surface area (TPSA) is 25.2 Å². The van der Waals surface area contributed by atoms with Crippen molar-refractivity contribution in [3.8, 4) is 0 Å². The molecule has 0 aliphatic heterocycles. The highest BCUT2D eigenvalue weighted by atomic mass is 14.9. The van der Waals surface area contributed by atoms with Crippen LogP contribution in [-0.4, -0.2) is 10.7 Å². The lowest BCUT2D eigenvalue weighted by Gasteiger charge is -2.11. The maximum atomic E-state index is 4.52. The van der Waals surface area contributed by atoms with Gasteiger partial charge in [-0.15, -0.1) is 0 Å². The van der Waals surface area contributed by atoms with Gasteiger partial charge < -0.3 is 0 Å². The first kappa shape index (κ1) is 8.42. The lowest BCUT2D eigenvalue weighted by Crippen LogP contribution is -2.03. The molecular formula is C11H14N2. The molecule has 2 rings (SSSR count). The van der Waals surface area contributed by atoms with Crippen molar-refractivity contribution in [1.82, 2.24) is 4.98 Å². The summed E-state index contributed by atoms with van der Waals surface area (Å²) in [6.07, 6.45) is 8.08. The quantitative estimate of drug-likeness (QED) is 0.642. The van der Waals surface area contributed by atoms with E-state index in [0.29, 0.717) is 0 Å². The zero-order valence-corrected chi connectivity index (χ0v) is 7.74. The van der Waals surface area contributed by atoms with Gasteiger partial charge in [-0.05, 0) is 37.8 Å². The summed E-state index contributed by atoms with van der Waals surface area (Å²) < 4.78 is 0. The molecule has 1 aliphatic rings. The number of aliphatic imine (C=N–C) groups is 1. The van der Waals surface area contributed by atoms with Crippen LogP contribution in [-0.2, 0) is 0 Å². The molecule has 0 unspecified atom stereocenters. The molecule has 2 heteroatoms. The predicted molar refractivity (Wildman–Crippen MR) is 54.4 cm³/mol. The average molecular weight is 174 g/mol. The number of pyridine rings is 1. The summed E-state index contributed by atoms with van der Waals surface area (Å²) >= 11 is 0. The van der Waals surface area contributed by atoms with Gasteiger partial charge in [0.05, 0.1) is 0 Å². The molecule has 0 N–H and O–H groups in total. The molecule has 2 nitrogen and oxygen atoms in total. The molecule has 0 saturated heterocycles. The molecule has 1 aliphatic carbocycles. The monoisotopic (exact) mass is 174 g/mol. The first-order valence-corrected chi connectivity index (χ1v) is 4.92. The molecular weight excluding hydrogens is 160 g/mol. The molecule has 1 aromatic heterocycles. The van der Waals surface area contributed by atoms with E-state index in [-0.39, 0.29) is 0 Å². The van der Waals surface area contributed by atoms with E-state index in [1.165, 1.54) is 25.0 Å². The molecule has 0 spiro atoms. The van der Waals surface area contributed by atoms with Crippen LogP contribution in [0, 0.1) is 0 Å². The Kier molecular flexibility index (Phi) is 2.70. The maximum absolute atomic E-state index is 4.52. The molecule has 0 radical (unpaired) electrons. The summed E-state index contributed by atoms with van der Waals surface area (Å²) in [5.41, 5.74) is 1.32. The van der Waals surface area contributed by atoms with Gasteiger partial charge in [0.15, 0.2) is 5.82 Å². The molecule has 13 heavy (non-hydrogen) atoms. The number of rotatable bonds is 1. The highest BCUT2D eigenvalue weighted by Gasteiger charge is 2.06. The van der Waals surface area contributed by atoms with Gasteiger partial charge >= 0.3 is 0 Å². The van der Waals surface area contributed by atoms with E-state index in [0.717, 1.165) is 18.7 Å². The normalized spacial score (nSPS) is 17.1. The second-order valence-corrected chi connectivity index (χ2v) is 3.43. The summed E-state index contributed by atoms with van der Waals surface area (Å²) in [4.78, 5) is 8.71. The second-order valence-electron chi connectivity index (χ2n) is 3.43. The average Bonchev–Trinajstić information content (AvgIpc) is 2.21. The Labute approximate surface area is 78.7 Å². The molecule has 0 atom stereocenters. The fraction of sp³-hybridized carbons (Fsp3) is 0.455. The Balaban J connectivity index is 2.10. The van der Waals surface area contributed by atoms with E-state index in [1.54, 1.807) is 6.20 Å². The van der Waals surface area contributed by atoms with E-state index in [9.17, 15) is 0 Å². The minimum absolute atomic E-state index is 0.861. The molecule has 0 aromatic carbocycles. The highest BCUT2D eigenvalue weighted by Crippen LogP contribution is 2.17. The van der Waals surface area contributed by atoms with Crippen molar-refractivity contribution in [2.45, 2.75) is 32.1 Å². The second kappa shape index (κ2) is 4.17. The van der Waals surface area contributed by atoms with Crippen molar-refractivity contribution in [3.05, 3.63) is 24.4 Å². The van der Waals surface area contributed by atoms with Crippen LogP contribution >= 0.6 is 0 Å². The summed E-state index contributed by atoms with van der Waals surface area (Å²) in [5.74, 6) is 0.861. The van der Waals surface area contributed by atoms with Crippen molar-refractivity contribution >= 4 is 11.5 Å². The summed E-state index contributed by atoms with van der Waals surface area (Å²) in [6.45, 7) is 0. The van der Waals surface area contributed by atoms with Crippen LogP contribution in [0.5, 0.6) is 0 Å². The largest absolute Gasteiger partial charge is 0.238 e. The van der Waals surface area contributed by atoms with Gasteiger partial charge in [0, 0.05) is 11.9 Å². The van der Waals surface area contributed by atoms with Gasteiger partial charge in [0.1, 0.15) is 0 Å². The highest BCUT2D eigenvalue weighted by molar-refractivity contribution is 5.86. The molecule has 1 aromatic rings. The Morgan fingerprint density at radius 1 is 1.08 bits per heavy atom. The Bertz CT molecular complexity index is 282. The van der Waals surface area contributed by atoms with E-state index in [4.69, 9.17) is 0 Å². The van der Waals surface area contributed by atoms with Gasteiger partial charge in [-0.2, -0.15) is 0 Å². The molecule has 68 valence electrons. The van der Waals surface area contributed by atoms with Crippen LogP contribution in [0.2, 0.25) is 0 Å². The summed E-state index contributed by atoms with van der Waals surface area (Å²) in [5, 5.41) is 0. The van der Waals surface area contributed by atoms with Crippen LogP contribution in [0.1, 0.15) is 32.1 Å². The van der Waals surface area contributed by atoms with E-state index in [2.05, 4.69) is 9.98 Å². The first-order chi connectivity index (χ1) is 6.45. The third-order valence-electron chi connectivity index (χ3n) is 2.35. The molecule has 1 saturated carbocycles. The van der Waals surface area contributed by atoms with Crippen LogP contribution < -0.4 is 0 Å². The van der Waals surface area contributed by atoms with Crippen molar-refractivity contribution in [1.29, 1.82) is 0 Å². The number of aromatic nitrogens is 1. The van der Waals surface area contributed by atoms with Crippen molar-refractivity contribution < 1.29 is 0 Å². The minimum Gasteiger partial charge on any atom is -0.238 e. The zero-order chi connectivity index (χ0) is 8.93. The Morgan fingerprint density at radius 2 is 1.92 bits per heavy atom. The lowest BCUT2D eigenvalue weighted by molar-refractivity contribution is 0.666. The molecule has 0 amide bonds. The zero-order valence-electron chi connectivity index (χ0n) is 7.74. The molecule has 0 bridgehead atoms. The van der Waals surface area contributed by atoms with Gasteiger partial charge in [-0.3, -0.25) is 0 Å². The fourth-order valence-electron chi connectivity index (χ4n) is 1.65. The smallest absolute Gasteiger partial charge is 0.151 e. The summed E-state index contributed by atoms with van der Waals surface area (Å²) in [6, 6.07) is 5.86. The van der Waals surface area contributed by atoms with Gasteiger partial charge in [-0.25, -0.2) is 9.98 Å². The SMILES string of the molecule is c1ccc(N=C2CCCCC2)nc1. The number of hydrogen-bond donors (Lipinski definition) is 0.